The molecule has 1 aromatic heterocycles. The van der Waals surface area contributed by atoms with Crippen molar-refractivity contribution in [2.75, 3.05) is 7.11 Å². The van der Waals surface area contributed by atoms with Crippen LogP contribution >= 0.6 is 0 Å². The Balaban J connectivity index is 2.34. The van der Waals surface area contributed by atoms with E-state index in [9.17, 15) is 5.11 Å². The Hall–Kier alpha value is -1.74. The zero-order valence-electron chi connectivity index (χ0n) is 10.2. The van der Waals surface area contributed by atoms with E-state index in [2.05, 4.69) is 0 Å². The molecular weight excluding hydrogens is 216 g/mol. The quantitative estimate of drug-likeness (QED) is 0.884. The van der Waals surface area contributed by atoms with Crippen molar-refractivity contribution >= 4 is 0 Å². The van der Waals surface area contributed by atoms with Gasteiger partial charge in [0.25, 0.3) is 0 Å². The predicted molar refractivity (Wildman–Crippen MR) is 65.2 cm³/mol. The van der Waals surface area contributed by atoms with Crippen LogP contribution in [0, 0.1) is 13.8 Å². The molecule has 2 rings (SSSR count). The standard InChI is InChI=1S/C14H16O3/c1-9-8-11(16-3)5-6-12(9)14(15)13-7-4-10(2)17-13/h4-8,14-15H,1-3H3. The van der Waals surface area contributed by atoms with Crippen LogP contribution in [0.5, 0.6) is 5.75 Å². The second-order valence-electron chi connectivity index (χ2n) is 4.07. The first-order chi connectivity index (χ1) is 8.11. The van der Waals surface area contributed by atoms with Crippen LogP contribution in [0.25, 0.3) is 0 Å². The van der Waals surface area contributed by atoms with E-state index in [1.54, 1.807) is 13.2 Å². The monoisotopic (exact) mass is 232 g/mol. The highest BCUT2D eigenvalue weighted by Gasteiger charge is 2.16. The molecule has 0 spiro atoms. The normalized spacial score (nSPS) is 12.5. The van der Waals surface area contributed by atoms with Crippen LogP contribution in [0.15, 0.2) is 34.7 Å². The number of hydrogen-bond donors (Lipinski definition) is 1. The fourth-order valence-corrected chi connectivity index (χ4v) is 1.84. The maximum atomic E-state index is 10.2. The van der Waals surface area contributed by atoms with Gasteiger partial charge in [-0.1, -0.05) is 6.07 Å². The summed E-state index contributed by atoms with van der Waals surface area (Å²) < 4.78 is 10.6. The van der Waals surface area contributed by atoms with E-state index >= 15 is 0 Å². The lowest BCUT2D eigenvalue weighted by Gasteiger charge is -2.12. The van der Waals surface area contributed by atoms with Gasteiger partial charge in [0.05, 0.1) is 7.11 Å². The lowest BCUT2D eigenvalue weighted by Crippen LogP contribution is -2.01. The molecule has 3 nitrogen and oxygen atoms in total. The molecule has 0 radical (unpaired) electrons. The first kappa shape index (κ1) is 11.7. The second-order valence-corrected chi connectivity index (χ2v) is 4.07. The molecule has 3 heteroatoms. The van der Waals surface area contributed by atoms with E-state index in [1.165, 1.54) is 0 Å². The van der Waals surface area contributed by atoms with Crippen LogP contribution in [0.1, 0.15) is 28.8 Å². The molecule has 0 fully saturated rings. The molecule has 0 aliphatic carbocycles. The molecule has 0 bridgehead atoms. The van der Waals surface area contributed by atoms with Crippen LogP contribution in [0.4, 0.5) is 0 Å². The molecule has 2 aromatic rings. The number of hydrogen-bond acceptors (Lipinski definition) is 3. The molecule has 0 amide bonds. The van der Waals surface area contributed by atoms with Crippen LogP contribution in [-0.4, -0.2) is 12.2 Å². The lowest BCUT2D eigenvalue weighted by molar-refractivity contribution is 0.187. The number of rotatable bonds is 3. The highest BCUT2D eigenvalue weighted by Crippen LogP contribution is 2.28. The molecule has 0 saturated carbocycles. The van der Waals surface area contributed by atoms with Gasteiger partial charge >= 0.3 is 0 Å². The van der Waals surface area contributed by atoms with Crippen molar-refractivity contribution in [3.05, 3.63) is 53.0 Å². The zero-order chi connectivity index (χ0) is 12.4. The maximum absolute atomic E-state index is 10.2. The minimum atomic E-state index is -0.727. The molecule has 90 valence electrons. The summed E-state index contributed by atoms with van der Waals surface area (Å²) in [6, 6.07) is 9.23. The average molecular weight is 232 g/mol. The van der Waals surface area contributed by atoms with Crippen molar-refractivity contribution in [1.82, 2.24) is 0 Å². The Morgan fingerprint density at radius 3 is 2.47 bits per heavy atom. The van der Waals surface area contributed by atoms with Gasteiger partial charge in [-0.15, -0.1) is 0 Å². The third kappa shape index (κ3) is 2.34. The molecule has 1 aromatic carbocycles. The fourth-order valence-electron chi connectivity index (χ4n) is 1.84. The van der Waals surface area contributed by atoms with E-state index in [-0.39, 0.29) is 0 Å². The molecule has 0 saturated heterocycles. The van der Waals surface area contributed by atoms with Gasteiger partial charge in [0.15, 0.2) is 0 Å². The fraction of sp³-hybridized carbons (Fsp3) is 0.286. The topological polar surface area (TPSA) is 42.6 Å². The third-order valence-corrected chi connectivity index (χ3v) is 2.80. The van der Waals surface area contributed by atoms with Crippen LogP contribution < -0.4 is 4.74 Å². The molecule has 1 heterocycles. The average Bonchev–Trinajstić information content (AvgIpc) is 2.75. The van der Waals surface area contributed by atoms with Crippen LogP contribution in [0.3, 0.4) is 0 Å². The summed E-state index contributed by atoms with van der Waals surface area (Å²) in [5.74, 6) is 2.15. The van der Waals surface area contributed by atoms with Gasteiger partial charge in [0.2, 0.25) is 0 Å². The number of aryl methyl sites for hydroxylation is 2. The van der Waals surface area contributed by atoms with E-state index in [0.29, 0.717) is 5.76 Å². The van der Waals surface area contributed by atoms with Crippen LogP contribution in [0.2, 0.25) is 0 Å². The summed E-state index contributed by atoms with van der Waals surface area (Å²) in [5, 5.41) is 10.2. The summed E-state index contributed by atoms with van der Waals surface area (Å²) in [6.07, 6.45) is -0.727. The summed E-state index contributed by atoms with van der Waals surface area (Å²) in [6.45, 7) is 3.80. The zero-order valence-corrected chi connectivity index (χ0v) is 10.2. The molecular formula is C14H16O3. The molecule has 1 atom stereocenters. The lowest BCUT2D eigenvalue weighted by atomic mass is 10.0. The maximum Gasteiger partial charge on any atom is 0.137 e. The van der Waals surface area contributed by atoms with Gasteiger partial charge in [0.1, 0.15) is 23.4 Å². The first-order valence-electron chi connectivity index (χ1n) is 5.50. The van der Waals surface area contributed by atoms with Crippen molar-refractivity contribution in [3.63, 3.8) is 0 Å². The van der Waals surface area contributed by atoms with Gasteiger partial charge in [-0.05, 0) is 49.2 Å². The Morgan fingerprint density at radius 2 is 1.94 bits per heavy atom. The molecule has 0 aliphatic heterocycles. The summed E-state index contributed by atoms with van der Waals surface area (Å²) >= 11 is 0. The molecule has 1 unspecified atom stereocenters. The highest BCUT2D eigenvalue weighted by atomic mass is 16.5. The van der Waals surface area contributed by atoms with E-state index in [0.717, 1.165) is 22.6 Å². The van der Waals surface area contributed by atoms with E-state index < -0.39 is 6.10 Å². The second kappa shape index (κ2) is 4.63. The number of ether oxygens (including phenoxy) is 1. The summed E-state index contributed by atoms with van der Waals surface area (Å²) in [7, 11) is 1.63. The minimum Gasteiger partial charge on any atom is -0.497 e. The van der Waals surface area contributed by atoms with E-state index in [1.807, 2.05) is 38.1 Å². The Labute approximate surface area is 101 Å². The largest absolute Gasteiger partial charge is 0.497 e. The first-order valence-corrected chi connectivity index (χ1v) is 5.50. The van der Waals surface area contributed by atoms with Gasteiger partial charge < -0.3 is 14.3 Å². The van der Waals surface area contributed by atoms with Crippen molar-refractivity contribution < 1.29 is 14.3 Å². The molecule has 17 heavy (non-hydrogen) atoms. The van der Waals surface area contributed by atoms with Gasteiger partial charge in [-0.3, -0.25) is 0 Å². The predicted octanol–water partition coefficient (Wildman–Crippen LogP) is 2.99. The number of benzene rings is 1. The highest BCUT2D eigenvalue weighted by molar-refractivity contribution is 5.38. The molecule has 0 aliphatic rings. The number of furan rings is 1. The van der Waals surface area contributed by atoms with Crippen molar-refractivity contribution in [2.45, 2.75) is 20.0 Å². The van der Waals surface area contributed by atoms with Crippen molar-refractivity contribution in [2.24, 2.45) is 0 Å². The number of aliphatic hydroxyl groups is 1. The SMILES string of the molecule is COc1ccc(C(O)c2ccc(C)o2)c(C)c1. The Bertz CT molecular complexity index is 514. The van der Waals surface area contributed by atoms with Crippen LogP contribution in [-0.2, 0) is 0 Å². The number of aliphatic hydroxyl groups excluding tert-OH is 1. The molecule has 1 N–H and O–H groups in total. The van der Waals surface area contributed by atoms with Gasteiger partial charge in [-0.25, -0.2) is 0 Å². The van der Waals surface area contributed by atoms with Crippen molar-refractivity contribution in [1.29, 1.82) is 0 Å². The Morgan fingerprint density at radius 1 is 1.18 bits per heavy atom. The number of methoxy groups -OCH3 is 1. The van der Waals surface area contributed by atoms with Gasteiger partial charge in [-0.2, -0.15) is 0 Å². The van der Waals surface area contributed by atoms with Crippen molar-refractivity contribution in [3.8, 4) is 5.75 Å². The Kier molecular flexibility index (Phi) is 3.20. The smallest absolute Gasteiger partial charge is 0.137 e. The summed E-state index contributed by atoms with van der Waals surface area (Å²) in [4.78, 5) is 0. The third-order valence-electron chi connectivity index (χ3n) is 2.80. The van der Waals surface area contributed by atoms with Gasteiger partial charge in [0, 0.05) is 0 Å². The van der Waals surface area contributed by atoms with E-state index in [4.69, 9.17) is 9.15 Å². The summed E-state index contributed by atoms with van der Waals surface area (Å²) in [5.41, 5.74) is 1.81. The minimum absolute atomic E-state index is 0.566.